The summed E-state index contributed by atoms with van der Waals surface area (Å²) < 4.78 is 12.2. The number of aliphatic hydroxyl groups is 2. The van der Waals surface area contributed by atoms with Crippen LogP contribution in [-0.2, 0) is 14.3 Å². The number of carbonyl (C=O) groups excluding carboxylic acids is 1. The lowest BCUT2D eigenvalue weighted by Gasteiger charge is -2.20. The molecular formula is C12H14N4O6S. The van der Waals surface area contributed by atoms with Crippen molar-refractivity contribution >= 4 is 33.6 Å². The van der Waals surface area contributed by atoms with Crippen LogP contribution in [0.25, 0.3) is 10.3 Å². The van der Waals surface area contributed by atoms with Crippen LogP contribution < -0.4 is 10.6 Å². The van der Waals surface area contributed by atoms with Gasteiger partial charge in [0, 0.05) is 6.92 Å². The first-order chi connectivity index (χ1) is 10.9. The van der Waals surface area contributed by atoms with Gasteiger partial charge >= 0.3 is 10.8 Å². The Kier molecular flexibility index (Phi) is 4.02. The van der Waals surface area contributed by atoms with Crippen molar-refractivity contribution in [2.75, 3.05) is 12.3 Å². The summed E-state index contributed by atoms with van der Waals surface area (Å²) in [6, 6.07) is 0. The van der Waals surface area contributed by atoms with E-state index in [0.29, 0.717) is 4.70 Å². The molecule has 0 aliphatic carbocycles. The molecule has 0 saturated carbocycles. The predicted molar refractivity (Wildman–Crippen MR) is 78.6 cm³/mol. The molecule has 0 aromatic carbocycles. The zero-order valence-corrected chi connectivity index (χ0v) is 12.8. The Morgan fingerprint density at radius 3 is 3.00 bits per heavy atom. The fourth-order valence-corrected chi connectivity index (χ4v) is 3.29. The lowest BCUT2D eigenvalue weighted by atomic mass is 10.1. The highest BCUT2D eigenvalue weighted by Gasteiger charge is 2.47. The summed E-state index contributed by atoms with van der Waals surface area (Å²) >= 11 is 0.868. The minimum absolute atomic E-state index is 0.0367. The second-order valence-electron chi connectivity index (χ2n) is 4.97. The fourth-order valence-electron chi connectivity index (χ4n) is 2.47. The highest BCUT2D eigenvalue weighted by molar-refractivity contribution is 7.16. The predicted octanol–water partition coefficient (Wildman–Crippen LogP) is -1.38. The summed E-state index contributed by atoms with van der Waals surface area (Å²) in [6.07, 6.45) is -3.16. The molecule has 124 valence electrons. The number of rotatable bonds is 3. The number of fused-ring (bicyclic) bond motifs is 1. The first-order valence-electron chi connectivity index (χ1n) is 6.67. The number of anilines is 1. The quantitative estimate of drug-likeness (QED) is 0.573. The number of aromatic nitrogens is 3. The van der Waals surface area contributed by atoms with Crippen molar-refractivity contribution in [3.05, 3.63) is 15.9 Å². The van der Waals surface area contributed by atoms with Crippen LogP contribution in [0.1, 0.15) is 13.2 Å². The molecule has 4 atom stereocenters. The summed E-state index contributed by atoms with van der Waals surface area (Å²) in [5, 5.41) is 19.4. The zero-order chi connectivity index (χ0) is 16.7. The Morgan fingerprint density at radius 1 is 1.61 bits per heavy atom. The largest absolute Gasteiger partial charge is 0.455 e. The Labute approximate surface area is 133 Å². The van der Waals surface area contributed by atoms with Gasteiger partial charge in [0.05, 0.1) is 17.5 Å². The zero-order valence-electron chi connectivity index (χ0n) is 11.9. The molecule has 0 amide bonds. The number of aliphatic hydroxyl groups excluding tert-OH is 2. The Hall–Kier alpha value is -2.08. The monoisotopic (exact) mass is 342 g/mol. The normalized spacial score (nSPS) is 27.4. The summed E-state index contributed by atoms with van der Waals surface area (Å²) in [4.78, 5) is 30.9. The van der Waals surface area contributed by atoms with Crippen LogP contribution in [0, 0.1) is 0 Å². The average Bonchev–Trinajstić information content (AvgIpc) is 2.96. The molecule has 11 heteroatoms. The number of hydrogen-bond donors (Lipinski definition) is 3. The van der Waals surface area contributed by atoms with E-state index < -0.39 is 42.0 Å². The second kappa shape index (κ2) is 5.85. The van der Waals surface area contributed by atoms with Gasteiger partial charge in [-0.1, -0.05) is 11.3 Å². The van der Waals surface area contributed by atoms with Crippen LogP contribution in [0.5, 0.6) is 0 Å². The highest BCUT2D eigenvalue weighted by atomic mass is 32.1. The molecule has 2 aromatic rings. The number of ether oxygens (including phenoxy) is 2. The number of thiazole rings is 1. The van der Waals surface area contributed by atoms with Crippen molar-refractivity contribution < 1.29 is 24.5 Å². The van der Waals surface area contributed by atoms with Gasteiger partial charge in [-0.25, -0.2) is 4.98 Å². The molecule has 1 fully saturated rings. The van der Waals surface area contributed by atoms with E-state index in [1.807, 2.05) is 0 Å². The van der Waals surface area contributed by atoms with Crippen LogP contribution in [-0.4, -0.2) is 55.6 Å². The lowest BCUT2D eigenvalue weighted by molar-refractivity contribution is -0.155. The van der Waals surface area contributed by atoms with Crippen molar-refractivity contribution in [2.24, 2.45) is 0 Å². The van der Waals surface area contributed by atoms with Gasteiger partial charge in [0.25, 0.3) is 0 Å². The first kappa shape index (κ1) is 15.8. The molecule has 10 nitrogen and oxygen atoms in total. The Bertz CT molecular complexity index is 804. The standard InChI is InChI=1S/C12H14N4O6S/c1-4(18)21-8-7(19)5(3-17)22-10(8)16-9-6(23-12(16)20)2-14-11(13)15-9/h2,5,7-8,10,17,19H,3H2,1H3,(H2,13,14,15). The average molecular weight is 342 g/mol. The lowest BCUT2D eigenvalue weighted by Crippen LogP contribution is -2.37. The van der Waals surface area contributed by atoms with E-state index in [1.54, 1.807) is 0 Å². The van der Waals surface area contributed by atoms with Crippen molar-refractivity contribution in [3.8, 4) is 0 Å². The first-order valence-corrected chi connectivity index (χ1v) is 7.49. The SMILES string of the molecule is CC(=O)OC1C(O)C(CO)OC1n1c(=O)sc2cnc(N)nc21. The van der Waals surface area contributed by atoms with Gasteiger partial charge in [-0.05, 0) is 0 Å². The van der Waals surface area contributed by atoms with Crippen molar-refractivity contribution in [1.82, 2.24) is 14.5 Å². The van der Waals surface area contributed by atoms with Gasteiger partial charge < -0.3 is 25.4 Å². The minimum Gasteiger partial charge on any atom is -0.455 e. The van der Waals surface area contributed by atoms with Crippen molar-refractivity contribution in [1.29, 1.82) is 0 Å². The maximum absolute atomic E-state index is 12.3. The molecule has 0 bridgehead atoms. The smallest absolute Gasteiger partial charge is 0.311 e. The van der Waals surface area contributed by atoms with Crippen molar-refractivity contribution in [3.63, 3.8) is 0 Å². The number of hydrogen-bond acceptors (Lipinski definition) is 10. The van der Waals surface area contributed by atoms with E-state index in [9.17, 15) is 19.8 Å². The van der Waals surface area contributed by atoms with Gasteiger partial charge in [-0.2, -0.15) is 4.98 Å². The summed E-state index contributed by atoms with van der Waals surface area (Å²) in [5.41, 5.74) is 5.76. The van der Waals surface area contributed by atoms with E-state index in [-0.39, 0.29) is 11.6 Å². The molecule has 0 radical (unpaired) electrons. The molecule has 4 N–H and O–H groups in total. The highest BCUT2D eigenvalue weighted by Crippen LogP contribution is 2.33. The molecule has 0 spiro atoms. The third-order valence-corrected chi connectivity index (χ3v) is 4.31. The number of nitrogens with two attached hydrogens (primary N) is 1. The van der Waals surface area contributed by atoms with Crippen LogP contribution in [0.3, 0.4) is 0 Å². The van der Waals surface area contributed by atoms with Crippen LogP contribution >= 0.6 is 11.3 Å². The molecule has 2 aromatic heterocycles. The number of carbonyl (C=O) groups is 1. The molecule has 1 aliphatic heterocycles. The topological polar surface area (TPSA) is 150 Å². The molecule has 3 rings (SSSR count). The molecule has 23 heavy (non-hydrogen) atoms. The molecule has 1 aliphatic rings. The third kappa shape index (κ3) is 2.67. The minimum atomic E-state index is -1.28. The Morgan fingerprint density at radius 2 is 2.35 bits per heavy atom. The molecule has 1 saturated heterocycles. The van der Waals surface area contributed by atoms with Crippen LogP contribution in [0.15, 0.2) is 11.0 Å². The van der Waals surface area contributed by atoms with Crippen molar-refractivity contribution in [2.45, 2.75) is 31.5 Å². The third-order valence-electron chi connectivity index (χ3n) is 3.43. The van der Waals surface area contributed by atoms with E-state index in [2.05, 4.69) is 9.97 Å². The number of nitrogens with zero attached hydrogens (tertiary/aromatic N) is 3. The summed E-state index contributed by atoms with van der Waals surface area (Å²) in [5.74, 6) is -0.687. The van der Waals surface area contributed by atoms with Crippen LogP contribution in [0.4, 0.5) is 5.95 Å². The second-order valence-corrected chi connectivity index (χ2v) is 5.96. The number of nitrogen functional groups attached to an aromatic ring is 1. The Balaban J connectivity index is 2.11. The molecule has 3 heterocycles. The summed E-state index contributed by atoms with van der Waals surface area (Å²) in [7, 11) is 0. The van der Waals surface area contributed by atoms with Crippen LogP contribution in [0.2, 0.25) is 0 Å². The molecule has 4 unspecified atom stereocenters. The summed E-state index contributed by atoms with van der Waals surface area (Å²) in [6.45, 7) is 0.675. The van der Waals surface area contributed by atoms with E-state index in [1.165, 1.54) is 13.1 Å². The maximum atomic E-state index is 12.3. The maximum Gasteiger partial charge on any atom is 0.311 e. The van der Waals surface area contributed by atoms with Gasteiger partial charge in [0.2, 0.25) is 5.95 Å². The van der Waals surface area contributed by atoms with E-state index in [4.69, 9.17) is 15.2 Å². The molecular weight excluding hydrogens is 328 g/mol. The van der Waals surface area contributed by atoms with Gasteiger partial charge in [0.1, 0.15) is 12.2 Å². The number of esters is 1. The van der Waals surface area contributed by atoms with E-state index in [0.717, 1.165) is 15.9 Å². The van der Waals surface area contributed by atoms with Gasteiger partial charge in [-0.15, -0.1) is 0 Å². The van der Waals surface area contributed by atoms with Gasteiger partial charge in [0.15, 0.2) is 18.0 Å². The van der Waals surface area contributed by atoms with E-state index >= 15 is 0 Å². The fraction of sp³-hybridized carbons (Fsp3) is 0.500. The van der Waals surface area contributed by atoms with Gasteiger partial charge in [-0.3, -0.25) is 14.2 Å².